The molecule has 17 nitrogen and oxygen atoms in total. The normalized spacial score (nSPS) is 13.8. The van der Waals surface area contributed by atoms with Gasteiger partial charge in [0.2, 0.25) is 23.6 Å². The van der Waals surface area contributed by atoms with Crippen LogP contribution < -0.4 is 27.0 Å². The summed E-state index contributed by atoms with van der Waals surface area (Å²) in [5.41, 5.74) is 5.83. The van der Waals surface area contributed by atoms with E-state index in [0.29, 0.717) is 11.2 Å². The number of ketones is 1. The van der Waals surface area contributed by atoms with E-state index in [1.165, 1.54) is 11.3 Å². The van der Waals surface area contributed by atoms with Gasteiger partial charge in [0, 0.05) is 53.9 Å². The van der Waals surface area contributed by atoms with Crippen molar-refractivity contribution in [2.24, 2.45) is 0 Å². The summed E-state index contributed by atoms with van der Waals surface area (Å²) in [4.78, 5) is 92.7. The quantitative estimate of drug-likeness (QED) is 0.0536. The van der Waals surface area contributed by atoms with Gasteiger partial charge in [0.1, 0.15) is 12.6 Å². The van der Waals surface area contributed by atoms with Crippen LogP contribution in [0, 0.1) is 0 Å². The average molecular weight is 933 g/mol. The van der Waals surface area contributed by atoms with Crippen molar-refractivity contribution in [2.75, 3.05) is 26.3 Å². The van der Waals surface area contributed by atoms with Crippen LogP contribution in [0.4, 0.5) is 0 Å². The minimum atomic E-state index is -1.14. The molecule has 0 bridgehead atoms. The summed E-state index contributed by atoms with van der Waals surface area (Å²) in [5, 5.41) is 28.6. The Balaban J connectivity index is 0.930. The molecule has 1 saturated carbocycles. The van der Waals surface area contributed by atoms with Crippen molar-refractivity contribution in [1.29, 1.82) is 0 Å². The highest BCUT2D eigenvalue weighted by molar-refractivity contribution is 5.98. The zero-order valence-corrected chi connectivity index (χ0v) is 38.0. The first-order valence-corrected chi connectivity index (χ1v) is 22.9. The SMILES string of the molecule is C[C@@H](NC(=O)CNC(=O)CCC(=O)O)C(=O)NCCOCC(=O)N[C@@H](Cc1cccc2ccccc12)C(=O)CC1(c2ccc(-c3nc4ccn5c(=O)[nH]nc5c4cc3-c3ccccc3)cc2)CCC1. The van der Waals surface area contributed by atoms with E-state index in [9.17, 15) is 33.6 Å². The number of H-pyrrole nitrogens is 1. The van der Waals surface area contributed by atoms with Crippen molar-refractivity contribution in [3.05, 3.63) is 137 Å². The number of carboxylic acid groups (broad SMARTS) is 1. The van der Waals surface area contributed by atoms with Gasteiger partial charge in [-0.1, -0.05) is 103 Å². The lowest BCUT2D eigenvalue weighted by Gasteiger charge is -2.43. The number of pyridine rings is 2. The van der Waals surface area contributed by atoms with Crippen molar-refractivity contribution < 1.29 is 38.6 Å². The Kier molecular flexibility index (Phi) is 14.6. The van der Waals surface area contributed by atoms with E-state index in [0.717, 1.165) is 68.9 Å². The van der Waals surface area contributed by atoms with Gasteiger partial charge in [-0.3, -0.25) is 28.8 Å². The first-order chi connectivity index (χ1) is 33.4. The number of nitrogens with zero attached hydrogens (tertiary/aromatic N) is 3. The summed E-state index contributed by atoms with van der Waals surface area (Å²) in [6, 6.07) is 34.0. The molecule has 3 heterocycles. The third-order valence-electron chi connectivity index (χ3n) is 12.6. The molecule has 6 N–H and O–H groups in total. The largest absolute Gasteiger partial charge is 0.481 e. The number of rotatable bonds is 21. The lowest BCUT2D eigenvalue weighted by Crippen LogP contribution is -2.48. The minimum absolute atomic E-state index is 0.0272. The fourth-order valence-corrected chi connectivity index (χ4v) is 8.86. The molecule has 354 valence electrons. The topological polar surface area (TPSA) is 243 Å². The summed E-state index contributed by atoms with van der Waals surface area (Å²) in [6.07, 6.45) is 4.05. The van der Waals surface area contributed by atoms with Crippen LogP contribution in [0.3, 0.4) is 0 Å². The number of carboxylic acids is 1. The van der Waals surface area contributed by atoms with Crippen LogP contribution in [-0.4, -0.2) is 98.5 Å². The van der Waals surface area contributed by atoms with Gasteiger partial charge in [-0.15, -0.1) is 0 Å². The van der Waals surface area contributed by atoms with Gasteiger partial charge in [0.25, 0.3) is 0 Å². The molecule has 4 amide bonds. The molecule has 1 fully saturated rings. The van der Waals surface area contributed by atoms with Crippen LogP contribution in [0.2, 0.25) is 0 Å². The Labute approximate surface area is 396 Å². The van der Waals surface area contributed by atoms with E-state index in [4.69, 9.17) is 14.8 Å². The van der Waals surface area contributed by atoms with Gasteiger partial charge in [0.05, 0.1) is 36.8 Å². The van der Waals surface area contributed by atoms with E-state index in [1.54, 1.807) is 12.3 Å². The molecule has 8 rings (SSSR count). The van der Waals surface area contributed by atoms with E-state index in [-0.39, 0.29) is 56.9 Å². The van der Waals surface area contributed by atoms with Gasteiger partial charge in [-0.2, -0.15) is 5.10 Å². The number of carbonyl (C=O) groups is 6. The van der Waals surface area contributed by atoms with Crippen molar-refractivity contribution in [1.82, 2.24) is 40.8 Å². The minimum Gasteiger partial charge on any atom is -0.481 e. The lowest BCUT2D eigenvalue weighted by atomic mass is 9.61. The number of hydrogen-bond acceptors (Lipinski definition) is 10. The molecule has 0 radical (unpaired) electrons. The number of ether oxygens (including phenoxy) is 1. The Morgan fingerprint density at radius 1 is 0.812 bits per heavy atom. The third kappa shape index (κ3) is 11.2. The van der Waals surface area contributed by atoms with E-state index in [1.807, 2.05) is 91.0 Å². The average Bonchev–Trinajstić information content (AvgIpc) is 3.73. The van der Waals surface area contributed by atoms with Gasteiger partial charge >= 0.3 is 11.7 Å². The zero-order chi connectivity index (χ0) is 48.5. The predicted octanol–water partition coefficient (Wildman–Crippen LogP) is 4.78. The van der Waals surface area contributed by atoms with Gasteiger partial charge in [-0.25, -0.2) is 19.3 Å². The van der Waals surface area contributed by atoms with Crippen LogP contribution in [-0.2, 0) is 45.3 Å². The molecule has 1 aliphatic rings. The molecule has 4 aromatic carbocycles. The summed E-state index contributed by atoms with van der Waals surface area (Å²) in [7, 11) is 0. The molecular weight excluding hydrogens is 881 g/mol. The monoisotopic (exact) mass is 932 g/mol. The summed E-state index contributed by atoms with van der Waals surface area (Å²) >= 11 is 0. The smallest absolute Gasteiger partial charge is 0.347 e. The number of nitrogens with one attached hydrogen (secondary N) is 5. The standard InChI is InChI=1S/C52H52N8O9/c1-32(55-45(63)30-54-44(62)19-20-47(65)66)50(67)53-24-26-69-31-46(64)56-42(27-36-13-7-12-33-11-5-6-14-38(33)36)43(61)29-52(22-8-23-52)37-17-15-35(16-18-37)48-39(34-9-3-2-4-10-34)28-40-41(57-48)21-25-60-49(40)58-59-51(60)68/h2-7,9-18,21,25,28,32,42H,8,19-20,22-24,26-27,29-31H2,1H3,(H,53,67)(H,54,62)(H,55,63)(H,56,64)(H,59,68)(H,65,66)/t32-,42+/m1/s1. The predicted molar refractivity (Wildman–Crippen MR) is 258 cm³/mol. The van der Waals surface area contributed by atoms with Crippen molar-refractivity contribution in [3.8, 4) is 22.4 Å². The van der Waals surface area contributed by atoms with Crippen molar-refractivity contribution in [3.63, 3.8) is 0 Å². The molecular formula is C52H52N8O9. The number of Topliss-reactive ketones (excluding diaryl/α,β-unsaturated/α-hetero) is 1. The maximum absolute atomic E-state index is 14.6. The number of aromatic amines is 1. The molecule has 3 aromatic heterocycles. The zero-order valence-electron chi connectivity index (χ0n) is 38.0. The van der Waals surface area contributed by atoms with Crippen LogP contribution in [0.25, 0.3) is 49.7 Å². The molecule has 0 spiro atoms. The first-order valence-electron chi connectivity index (χ1n) is 22.9. The van der Waals surface area contributed by atoms with Crippen LogP contribution >= 0.6 is 0 Å². The fraction of sp³-hybridized carbons (Fsp3) is 0.288. The molecule has 17 heteroatoms. The van der Waals surface area contributed by atoms with E-state index < -0.39 is 53.6 Å². The Bertz CT molecular complexity index is 3100. The van der Waals surface area contributed by atoms with Crippen LogP contribution in [0.5, 0.6) is 0 Å². The number of aromatic nitrogens is 4. The summed E-state index contributed by atoms with van der Waals surface area (Å²) in [5.74, 6) is -3.48. The second-order valence-electron chi connectivity index (χ2n) is 17.3. The highest BCUT2D eigenvalue weighted by Crippen LogP contribution is 2.47. The van der Waals surface area contributed by atoms with Crippen LogP contribution in [0.1, 0.15) is 56.6 Å². The Morgan fingerprint density at radius 2 is 1.57 bits per heavy atom. The first kappa shape index (κ1) is 47.4. The fourth-order valence-electron chi connectivity index (χ4n) is 8.86. The number of fused-ring (bicyclic) bond motifs is 4. The Hall–Kier alpha value is -8.05. The second kappa shape index (κ2) is 21.3. The van der Waals surface area contributed by atoms with E-state index in [2.05, 4.69) is 43.6 Å². The van der Waals surface area contributed by atoms with Crippen molar-refractivity contribution >= 4 is 62.7 Å². The second-order valence-corrected chi connectivity index (χ2v) is 17.3. The molecule has 2 atom stereocenters. The summed E-state index contributed by atoms with van der Waals surface area (Å²) < 4.78 is 7.07. The molecule has 0 saturated heterocycles. The van der Waals surface area contributed by atoms with Gasteiger partial charge in [0.15, 0.2) is 11.4 Å². The lowest BCUT2D eigenvalue weighted by molar-refractivity contribution is -0.139. The molecule has 0 aliphatic heterocycles. The molecule has 7 aromatic rings. The highest BCUT2D eigenvalue weighted by atomic mass is 16.5. The third-order valence-corrected chi connectivity index (χ3v) is 12.6. The number of amides is 4. The van der Waals surface area contributed by atoms with Crippen molar-refractivity contribution in [2.45, 2.75) is 69.4 Å². The Morgan fingerprint density at radius 3 is 2.32 bits per heavy atom. The maximum atomic E-state index is 14.6. The van der Waals surface area contributed by atoms with E-state index >= 15 is 0 Å². The molecule has 69 heavy (non-hydrogen) atoms. The van der Waals surface area contributed by atoms with Gasteiger partial charge in [-0.05, 0) is 59.4 Å². The number of aliphatic carboxylic acids is 1. The number of benzene rings is 4. The molecule has 0 unspecified atom stereocenters. The maximum Gasteiger partial charge on any atom is 0.347 e. The van der Waals surface area contributed by atoms with Gasteiger partial charge < -0.3 is 31.1 Å². The highest BCUT2D eigenvalue weighted by Gasteiger charge is 2.42. The number of carbonyl (C=O) groups excluding carboxylic acids is 5. The summed E-state index contributed by atoms with van der Waals surface area (Å²) in [6.45, 7) is 0.669. The molecule has 1 aliphatic carbocycles. The van der Waals surface area contributed by atoms with Crippen LogP contribution in [0.15, 0.2) is 120 Å². The number of hydrogen-bond donors (Lipinski definition) is 6.